The Morgan fingerprint density at radius 1 is 1.04 bits per heavy atom. The lowest BCUT2D eigenvalue weighted by Gasteiger charge is -2.43. The molecule has 1 fully saturated rings. The van der Waals surface area contributed by atoms with Crippen molar-refractivity contribution in [3.8, 4) is 0 Å². The third kappa shape index (κ3) is 3.06. The van der Waals surface area contributed by atoms with Crippen LogP contribution in [0.1, 0.15) is 37.7 Å². The highest BCUT2D eigenvalue weighted by molar-refractivity contribution is 6.11. The molecular weight excluding hydrogens is 342 g/mol. The fraction of sp³-hybridized carbons (Fsp3) is 0.333. The molecule has 140 valence electrons. The van der Waals surface area contributed by atoms with E-state index in [4.69, 9.17) is 0 Å². The van der Waals surface area contributed by atoms with E-state index < -0.39 is 17.7 Å². The molecule has 6 nitrogen and oxygen atoms in total. The van der Waals surface area contributed by atoms with Crippen molar-refractivity contribution >= 4 is 23.3 Å². The first-order chi connectivity index (χ1) is 13.1. The molecule has 3 N–H and O–H groups in total. The number of nitrogens with zero attached hydrogens (tertiary/aromatic N) is 1. The molecule has 1 atom stereocenters. The molecule has 1 aliphatic carbocycles. The minimum atomic E-state index is -2.11. The van der Waals surface area contributed by atoms with Gasteiger partial charge in [-0.05, 0) is 31.0 Å². The van der Waals surface area contributed by atoms with Gasteiger partial charge in [-0.1, -0.05) is 55.7 Å². The van der Waals surface area contributed by atoms with Crippen LogP contribution in [0.3, 0.4) is 0 Å². The molecule has 3 amide bonds. The summed E-state index contributed by atoms with van der Waals surface area (Å²) in [5, 5.41) is 17.4. The van der Waals surface area contributed by atoms with Crippen molar-refractivity contribution in [3.05, 3.63) is 60.2 Å². The van der Waals surface area contributed by atoms with Crippen LogP contribution >= 0.6 is 0 Å². The number of urea groups is 1. The highest BCUT2D eigenvalue weighted by Gasteiger charge is 2.52. The SMILES string of the molecule is O=C1Nc2ccccc2[C@](O)(C(=O)NC2CCCCC2)N1c1ccccc1. The third-order valence-corrected chi connectivity index (χ3v) is 5.34. The minimum Gasteiger partial charge on any atom is -0.359 e. The first-order valence-corrected chi connectivity index (χ1v) is 9.40. The second-order valence-corrected chi connectivity index (χ2v) is 7.13. The van der Waals surface area contributed by atoms with Crippen molar-refractivity contribution in [2.24, 2.45) is 0 Å². The zero-order valence-electron chi connectivity index (χ0n) is 15.0. The van der Waals surface area contributed by atoms with E-state index in [9.17, 15) is 14.7 Å². The average Bonchev–Trinajstić information content (AvgIpc) is 2.69. The average molecular weight is 365 g/mol. The summed E-state index contributed by atoms with van der Waals surface area (Å²) in [6, 6.07) is 15.1. The van der Waals surface area contributed by atoms with Crippen LogP contribution in [-0.2, 0) is 10.5 Å². The van der Waals surface area contributed by atoms with E-state index in [1.807, 2.05) is 6.07 Å². The largest absolute Gasteiger partial charge is 0.359 e. The number of hydrogen-bond donors (Lipinski definition) is 3. The normalized spacial score (nSPS) is 22.7. The van der Waals surface area contributed by atoms with E-state index in [-0.39, 0.29) is 6.04 Å². The summed E-state index contributed by atoms with van der Waals surface area (Å²) in [6.45, 7) is 0. The second kappa shape index (κ2) is 7.04. The van der Waals surface area contributed by atoms with Gasteiger partial charge in [0.15, 0.2) is 0 Å². The molecule has 1 aliphatic heterocycles. The fourth-order valence-electron chi connectivity index (χ4n) is 3.97. The molecule has 0 spiro atoms. The maximum Gasteiger partial charge on any atom is 0.329 e. The van der Waals surface area contributed by atoms with Crippen molar-refractivity contribution in [2.45, 2.75) is 43.9 Å². The number of rotatable bonds is 3. The molecule has 0 unspecified atom stereocenters. The van der Waals surface area contributed by atoms with Crippen molar-refractivity contribution < 1.29 is 14.7 Å². The predicted octanol–water partition coefficient (Wildman–Crippen LogP) is 3.33. The smallest absolute Gasteiger partial charge is 0.329 e. The molecule has 1 heterocycles. The predicted molar refractivity (Wildman–Crippen MR) is 103 cm³/mol. The van der Waals surface area contributed by atoms with Crippen molar-refractivity contribution in [1.82, 2.24) is 5.32 Å². The van der Waals surface area contributed by atoms with Gasteiger partial charge in [-0.2, -0.15) is 0 Å². The van der Waals surface area contributed by atoms with Gasteiger partial charge in [0.1, 0.15) is 0 Å². The second-order valence-electron chi connectivity index (χ2n) is 7.13. The summed E-state index contributed by atoms with van der Waals surface area (Å²) in [5.41, 5.74) is -0.860. The van der Waals surface area contributed by atoms with Crippen LogP contribution in [0.2, 0.25) is 0 Å². The number of carbonyl (C=O) groups excluding carboxylic acids is 2. The highest BCUT2D eigenvalue weighted by atomic mass is 16.3. The van der Waals surface area contributed by atoms with Gasteiger partial charge >= 0.3 is 6.03 Å². The molecule has 2 aromatic rings. The number of hydrogen-bond acceptors (Lipinski definition) is 3. The Balaban J connectivity index is 1.78. The van der Waals surface area contributed by atoms with E-state index >= 15 is 0 Å². The number of amides is 3. The molecule has 1 saturated carbocycles. The van der Waals surface area contributed by atoms with Crippen LogP contribution in [0.4, 0.5) is 16.2 Å². The van der Waals surface area contributed by atoms with Crippen LogP contribution in [0.25, 0.3) is 0 Å². The minimum absolute atomic E-state index is 0.0186. The lowest BCUT2D eigenvalue weighted by molar-refractivity contribution is -0.141. The Morgan fingerprint density at radius 2 is 1.70 bits per heavy atom. The number of anilines is 2. The monoisotopic (exact) mass is 365 g/mol. The first-order valence-electron chi connectivity index (χ1n) is 9.40. The number of benzene rings is 2. The molecule has 0 radical (unpaired) electrons. The maximum absolute atomic E-state index is 13.3. The van der Waals surface area contributed by atoms with Crippen molar-refractivity contribution in [1.29, 1.82) is 0 Å². The lowest BCUT2D eigenvalue weighted by atomic mass is 9.92. The summed E-state index contributed by atoms with van der Waals surface area (Å²) >= 11 is 0. The number of fused-ring (bicyclic) bond motifs is 1. The van der Waals surface area contributed by atoms with E-state index in [1.54, 1.807) is 48.5 Å². The highest BCUT2D eigenvalue weighted by Crippen LogP contribution is 2.39. The summed E-state index contributed by atoms with van der Waals surface area (Å²) in [4.78, 5) is 27.3. The van der Waals surface area contributed by atoms with Gasteiger partial charge in [0, 0.05) is 17.3 Å². The van der Waals surface area contributed by atoms with E-state index in [0.717, 1.165) is 37.0 Å². The summed E-state index contributed by atoms with van der Waals surface area (Å²) in [7, 11) is 0. The van der Waals surface area contributed by atoms with E-state index in [1.165, 1.54) is 0 Å². The Morgan fingerprint density at radius 3 is 2.44 bits per heavy atom. The van der Waals surface area contributed by atoms with Crippen LogP contribution in [0.15, 0.2) is 54.6 Å². The standard InChI is InChI=1S/C21H23N3O3/c25-19(22-15-9-3-1-4-10-15)21(27)17-13-7-8-14-18(17)23-20(26)24(21)16-11-5-2-6-12-16/h2,5-8,11-15,27H,1,3-4,9-10H2,(H,22,25)(H,23,26)/t21-/m0/s1. The van der Waals surface area contributed by atoms with Crippen LogP contribution < -0.4 is 15.5 Å². The first kappa shape index (κ1) is 17.5. The Hall–Kier alpha value is -2.86. The zero-order valence-corrected chi connectivity index (χ0v) is 15.0. The lowest BCUT2D eigenvalue weighted by Crippen LogP contribution is -2.63. The number of aliphatic hydroxyl groups is 1. The summed E-state index contributed by atoms with van der Waals surface area (Å²) in [5.74, 6) is -0.569. The van der Waals surface area contributed by atoms with Gasteiger partial charge < -0.3 is 15.7 Å². The van der Waals surface area contributed by atoms with E-state index in [2.05, 4.69) is 10.6 Å². The van der Waals surface area contributed by atoms with Crippen LogP contribution in [0, 0.1) is 0 Å². The topological polar surface area (TPSA) is 81.7 Å². The van der Waals surface area contributed by atoms with Crippen LogP contribution in [-0.4, -0.2) is 23.1 Å². The van der Waals surface area contributed by atoms with Crippen LogP contribution in [0.5, 0.6) is 0 Å². The van der Waals surface area contributed by atoms with Gasteiger partial charge in [0.05, 0.1) is 5.69 Å². The molecule has 6 heteroatoms. The Kier molecular flexibility index (Phi) is 4.58. The van der Waals surface area contributed by atoms with Gasteiger partial charge in [0.2, 0.25) is 0 Å². The molecule has 2 aromatic carbocycles. The molecule has 2 aliphatic rings. The maximum atomic E-state index is 13.3. The quantitative estimate of drug-likeness (QED) is 0.780. The van der Waals surface area contributed by atoms with Gasteiger partial charge in [-0.3, -0.25) is 9.69 Å². The molecule has 0 saturated heterocycles. The van der Waals surface area contributed by atoms with Gasteiger partial charge in [-0.15, -0.1) is 0 Å². The molecule has 27 heavy (non-hydrogen) atoms. The van der Waals surface area contributed by atoms with Gasteiger partial charge in [0.25, 0.3) is 11.6 Å². The van der Waals surface area contributed by atoms with E-state index in [0.29, 0.717) is 16.9 Å². The zero-order chi connectivity index (χ0) is 18.9. The van der Waals surface area contributed by atoms with Crippen molar-refractivity contribution in [3.63, 3.8) is 0 Å². The summed E-state index contributed by atoms with van der Waals surface area (Å²) < 4.78 is 0. The Labute approximate surface area is 158 Å². The molecule has 0 bridgehead atoms. The Bertz CT molecular complexity index is 849. The molecule has 4 rings (SSSR count). The molecular formula is C21H23N3O3. The number of para-hydroxylation sites is 2. The van der Waals surface area contributed by atoms with Gasteiger partial charge in [-0.25, -0.2) is 4.79 Å². The summed E-state index contributed by atoms with van der Waals surface area (Å²) in [6.07, 6.45) is 5.06. The van der Waals surface area contributed by atoms with Crippen molar-refractivity contribution in [2.75, 3.05) is 10.2 Å². The third-order valence-electron chi connectivity index (χ3n) is 5.34. The number of nitrogens with one attached hydrogen (secondary N) is 2. The fourth-order valence-corrected chi connectivity index (χ4v) is 3.97. The number of carbonyl (C=O) groups is 2. The molecule has 0 aromatic heterocycles.